The zero-order valence-electron chi connectivity index (χ0n) is 9.80. The van der Waals surface area contributed by atoms with Crippen molar-refractivity contribution in [3.63, 3.8) is 0 Å². The average Bonchev–Trinajstić information content (AvgIpc) is 2.41. The molecule has 3 nitrogen and oxygen atoms in total. The van der Waals surface area contributed by atoms with Crippen LogP contribution in [0.5, 0.6) is 0 Å². The molecule has 0 aliphatic heterocycles. The van der Waals surface area contributed by atoms with Crippen molar-refractivity contribution in [1.82, 2.24) is 9.78 Å². The second-order valence-electron chi connectivity index (χ2n) is 4.91. The molecule has 4 heteroatoms. The Kier molecular flexibility index (Phi) is 3.11. The van der Waals surface area contributed by atoms with Gasteiger partial charge >= 0.3 is 0 Å². The van der Waals surface area contributed by atoms with E-state index in [0.717, 1.165) is 5.69 Å². The molecule has 0 saturated carbocycles. The predicted molar refractivity (Wildman–Crippen MR) is 61.0 cm³/mol. The lowest BCUT2D eigenvalue weighted by Crippen LogP contribution is -2.14. The number of nitrogens with zero attached hydrogens (tertiary/aromatic N) is 3. The lowest BCUT2D eigenvalue weighted by Gasteiger charge is -2.15. The molecule has 1 aromatic rings. The SMILES string of the molecule is CC(C)n1nc(C(C)(C)C)c(C#N)c1Cl. The molecular weight excluding hydrogens is 210 g/mol. The third-order valence-corrected chi connectivity index (χ3v) is 2.53. The Hall–Kier alpha value is -1.01. The van der Waals surface area contributed by atoms with E-state index in [-0.39, 0.29) is 11.5 Å². The third-order valence-electron chi connectivity index (χ3n) is 2.16. The minimum absolute atomic E-state index is 0.158. The van der Waals surface area contributed by atoms with Gasteiger partial charge in [0.25, 0.3) is 0 Å². The number of hydrogen-bond acceptors (Lipinski definition) is 2. The fraction of sp³-hybridized carbons (Fsp3) is 0.636. The molecule has 0 N–H and O–H groups in total. The molecule has 0 bridgehead atoms. The number of aromatic nitrogens is 2. The van der Waals surface area contributed by atoms with Crippen LogP contribution in [0.25, 0.3) is 0 Å². The summed E-state index contributed by atoms with van der Waals surface area (Å²) in [5.74, 6) is 0. The summed E-state index contributed by atoms with van der Waals surface area (Å²) in [4.78, 5) is 0. The van der Waals surface area contributed by atoms with Crippen LogP contribution in [0, 0.1) is 11.3 Å². The van der Waals surface area contributed by atoms with Gasteiger partial charge in [-0.2, -0.15) is 10.4 Å². The maximum Gasteiger partial charge on any atom is 0.145 e. The van der Waals surface area contributed by atoms with E-state index in [1.165, 1.54) is 0 Å². The molecular formula is C11H16ClN3. The van der Waals surface area contributed by atoms with Gasteiger partial charge in [-0.25, -0.2) is 4.68 Å². The van der Waals surface area contributed by atoms with Crippen LogP contribution in [0.2, 0.25) is 5.15 Å². The second kappa shape index (κ2) is 3.86. The van der Waals surface area contributed by atoms with Crippen molar-refractivity contribution < 1.29 is 0 Å². The first-order valence-corrected chi connectivity index (χ1v) is 5.35. The van der Waals surface area contributed by atoms with E-state index in [2.05, 4.69) is 11.2 Å². The van der Waals surface area contributed by atoms with Crippen molar-refractivity contribution in [1.29, 1.82) is 5.26 Å². The van der Waals surface area contributed by atoms with Gasteiger partial charge in [0.1, 0.15) is 16.8 Å². The molecule has 0 aromatic carbocycles. The Balaban J connectivity index is 3.43. The molecule has 15 heavy (non-hydrogen) atoms. The van der Waals surface area contributed by atoms with Crippen molar-refractivity contribution in [3.05, 3.63) is 16.4 Å². The van der Waals surface area contributed by atoms with Crippen LogP contribution < -0.4 is 0 Å². The fourth-order valence-corrected chi connectivity index (χ4v) is 1.74. The topological polar surface area (TPSA) is 41.6 Å². The summed E-state index contributed by atoms with van der Waals surface area (Å²) in [6.45, 7) is 10.1. The summed E-state index contributed by atoms with van der Waals surface area (Å²) in [7, 11) is 0. The summed E-state index contributed by atoms with van der Waals surface area (Å²) in [5, 5.41) is 13.9. The molecule has 0 radical (unpaired) electrons. The summed E-state index contributed by atoms with van der Waals surface area (Å²) < 4.78 is 1.70. The smallest absolute Gasteiger partial charge is 0.145 e. The molecule has 0 aliphatic rings. The number of rotatable bonds is 1. The number of nitriles is 1. The Morgan fingerprint density at radius 1 is 1.40 bits per heavy atom. The molecule has 1 rings (SSSR count). The average molecular weight is 226 g/mol. The molecule has 1 heterocycles. The molecule has 0 aliphatic carbocycles. The number of halogens is 1. The van der Waals surface area contributed by atoms with E-state index < -0.39 is 0 Å². The van der Waals surface area contributed by atoms with Crippen LogP contribution in [0.3, 0.4) is 0 Å². The predicted octanol–water partition coefficient (Wildman–Crippen LogP) is 3.29. The molecule has 0 unspecified atom stereocenters. The van der Waals surface area contributed by atoms with Crippen LogP contribution in [0.1, 0.15) is 51.9 Å². The van der Waals surface area contributed by atoms with Crippen molar-refractivity contribution in [2.24, 2.45) is 0 Å². The van der Waals surface area contributed by atoms with Crippen molar-refractivity contribution >= 4 is 11.6 Å². The second-order valence-corrected chi connectivity index (χ2v) is 5.27. The quantitative estimate of drug-likeness (QED) is 0.736. The summed E-state index contributed by atoms with van der Waals surface area (Å²) in [6, 6.07) is 2.30. The first-order chi connectivity index (χ1) is 6.79. The molecule has 0 spiro atoms. The van der Waals surface area contributed by atoms with Gasteiger partial charge in [-0.15, -0.1) is 0 Å². The number of hydrogen-bond donors (Lipinski definition) is 0. The van der Waals surface area contributed by atoms with E-state index in [1.54, 1.807) is 4.68 Å². The van der Waals surface area contributed by atoms with Crippen molar-refractivity contribution in [2.45, 2.75) is 46.1 Å². The first kappa shape index (κ1) is 12.1. The standard InChI is InChI=1S/C11H16ClN3/c1-7(2)15-10(12)8(6-13)9(14-15)11(3,4)5/h7H,1-5H3. The lowest BCUT2D eigenvalue weighted by atomic mass is 9.90. The molecule has 0 atom stereocenters. The van der Waals surface area contributed by atoms with Crippen LogP contribution in [0.4, 0.5) is 0 Å². The minimum atomic E-state index is -0.158. The molecule has 0 fully saturated rings. The first-order valence-electron chi connectivity index (χ1n) is 4.97. The van der Waals surface area contributed by atoms with Crippen molar-refractivity contribution in [2.75, 3.05) is 0 Å². The zero-order chi connectivity index (χ0) is 11.8. The lowest BCUT2D eigenvalue weighted by molar-refractivity contribution is 0.495. The van der Waals surface area contributed by atoms with Gasteiger partial charge in [0.2, 0.25) is 0 Å². The van der Waals surface area contributed by atoms with E-state index >= 15 is 0 Å². The van der Waals surface area contributed by atoms with E-state index in [4.69, 9.17) is 16.9 Å². The molecule has 1 aromatic heterocycles. The Bertz CT molecular complexity index is 405. The van der Waals surface area contributed by atoms with E-state index in [0.29, 0.717) is 10.7 Å². The van der Waals surface area contributed by atoms with Gasteiger partial charge in [-0.1, -0.05) is 32.4 Å². The Morgan fingerprint density at radius 2 is 1.93 bits per heavy atom. The Morgan fingerprint density at radius 3 is 2.20 bits per heavy atom. The normalized spacial score (nSPS) is 11.9. The van der Waals surface area contributed by atoms with Gasteiger partial charge in [0.05, 0.1) is 5.69 Å². The maximum absolute atomic E-state index is 9.07. The monoisotopic (exact) mass is 225 g/mol. The van der Waals surface area contributed by atoms with Gasteiger partial charge in [-0.05, 0) is 13.8 Å². The highest BCUT2D eigenvalue weighted by Gasteiger charge is 2.26. The summed E-state index contributed by atoms with van der Waals surface area (Å²) in [6.07, 6.45) is 0. The summed E-state index contributed by atoms with van der Waals surface area (Å²) in [5.41, 5.74) is 1.11. The van der Waals surface area contributed by atoms with E-state index in [1.807, 2.05) is 34.6 Å². The molecule has 82 valence electrons. The highest BCUT2D eigenvalue weighted by atomic mass is 35.5. The van der Waals surface area contributed by atoms with E-state index in [9.17, 15) is 0 Å². The van der Waals surface area contributed by atoms with Gasteiger partial charge in [0, 0.05) is 11.5 Å². The maximum atomic E-state index is 9.07. The third kappa shape index (κ3) is 2.15. The van der Waals surface area contributed by atoms with Gasteiger partial charge in [0.15, 0.2) is 0 Å². The van der Waals surface area contributed by atoms with Gasteiger partial charge < -0.3 is 0 Å². The summed E-state index contributed by atoms with van der Waals surface area (Å²) >= 11 is 6.11. The van der Waals surface area contributed by atoms with Crippen molar-refractivity contribution in [3.8, 4) is 6.07 Å². The van der Waals surface area contributed by atoms with Crippen LogP contribution in [0.15, 0.2) is 0 Å². The fourth-order valence-electron chi connectivity index (χ4n) is 1.38. The largest absolute Gasteiger partial charge is 0.250 e. The highest BCUT2D eigenvalue weighted by molar-refractivity contribution is 6.30. The highest BCUT2D eigenvalue weighted by Crippen LogP contribution is 2.30. The molecule has 0 amide bonds. The van der Waals surface area contributed by atoms with Gasteiger partial charge in [-0.3, -0.25) is 0 Å². The van der Waals surface area contributed by atoms with Crippen LogP contribution in [-0.4, -0.2) is 9.78 Å². The minimum Gasteiger partial charge on any atom is -0.250 e. The Labute approximate surface area is 95.7 Å². The van der Waals surface area contributed by atoms with Crippen LogP contribution >= 0.6 is 11.6 Å². The van der Waals surface area contributed by atoms with Crippen LogP contribution in [-0.2, 0) is 5.41 Å². The zero-order valence-corrected chi connectivity index (χ0v) is 10.6. The molecule has 0 saturated heterocycles.